The van der Waals surface area contributed by atoms with Crippen LogP contribution in [-0.2, 0) is 73.7 Å². The maximum absolute atomic E-state index is 8.26. The molecule has 0 rings (SSSR count). The van der Waals surface area contributed by atoms with Crippen LogP contribution in [0.25, 0.3) is 0 Å². The van der Waals surface area contributed by atoms with E-state index in [0.717, 1.165) is 52.4 Å². The Kier molecular flexibility index (Phi) is 107. The van der Waals surface area contributed by atoms with Gasteiger partial charge in [0.1, 0.15) is 0 Å². The Hall–Kier alpha value is 0.928. The fraction of sp³-hybridized carbons (Fsp3) is 0.952. The summed E-state index contributed by atoms with van der Waals surface area (Å²) in [6.45, 7) is 26.8. The van der Waals surface area contributed by atoms with Crippen LogP contribution in [0.4, 0.5) is 0 Å². The molecule has 98 heavy (non-hydrogen) atoms. The van der Waals surface area contributed by atoms with Gasteiger partial charge in [0.25, 0.3) is 0 Å². The molecular weight excluding hydrogens is 1430 g/mol. The molecule has 0 heterocycles. The summed E-state index contributed by atoms with van der Waals surface area (Å²) in [5, 5.41) is 0. The fourth-order valence-corrected chi connectivity index (χ4v) is 14.1. The van der Waals surface area contributed by atoms with Gasteiger partial charge in [-0.3, -0.25) is 0 Å². The molecule has 5 nitrogen and oxygen atoms in total. The first-order valence-corrected chi connectivity index (χ1v) is 47.0. The van der Waals surface area contributed by atoms with E-state index in [1.807, 2.05) is 0 Å². The topological polar surface area (TPSA) is 30.0 Å². The second-order valence-electron chi connectivity index (χ2n) is 28.8. The molecule has 0 saturated heterocycles. The van der Waals surface area contributed by atoms with E-state index < -0.39 is 0 Å². The van der Waals surface area contributed by atoms with Crippen molar-refractivity contribution in [2.24, 2.45) is 0 Å². The molecule has 0 bridgehead atoms. The molecule has 0 aliphatic heterocycles. The second kappa shape index (κ2) is 97.9. The van der Waals surface area contributed by atoms with Crippen molar-refractivity contribution in [1.29, 1.82) is 0 Å². The molecule has 0 amide bonds. The molecule has 0 unspecified atom stereocenters. The van der Waals surface area contributed by atoms with E-state index in [2.05, 4.69) is 75.0 Å². The van der Waals surface area contributed by atoms with Crippen LogP contribution in [0.15, 0.2) is 0 Å². The zero-order valence-electron chi connectivity index (χ0n) is 66.8. The quantitative estimate of drug-likeness (QED) is 0.0251. The fourth-order valence-electron chi connectivity index (χ4n) is 12.7. The van der Waals surface area contributed by atoms with Crippen molar-refractivity contribution < 1.29 is 23.2 Å². The predicted molar refractivity (Wildman–Crippen MR) is 468 cm³/mol. The molecule has 0 aliphatic carbocycles. The van der Waals surface area contributed by atoms with Gasteiger partial charge in [-0.05, 0) is 51.4 Å². The van der Waals surface area contributed by atoms with Gasteiger partial charge in [-0.2, -0.15) is 0 Å². The third-order valence-corrected chi connectivity index (χ3v) is 21.4. The molecule has 0 aliphatic rings. The Morgan fingerprint density at radius 3 is 0.316 bits per heavy atom. The van der Waals surface area contributed by atoms with E-state index in [0.29, 0.717) is 37.1 Å². The summed E-state index contributed by atoms with van der Waals surface area (Å²) in [7, 11) is 0. The first kappa shape index (κ1) is 108. The van der Waals surface area contributed by atoms with Crippen LogP contribution in [-0.4, -0.2) is 89.2 Å². The number of unbranched alkanes of at least 4 members (excludes halogenated alkanes) is 56. The normalized spacial score (nSPS) is 10.8. The summed E-state index contributed by atoms with van der Waals surface area (Å²) in [4.78, 5) is 9.05. The number of hydrogen-bond donors (Lipinski definition) is 0. The predicted octanol–water partition coefficient (Wildman–Crippen LogP) is 29.5. The number of thiocarbonyl (C=S) groups is 4. The SMILES string of the molecule is CCCCCCCCCCN(CCCCCCCCCC)C(=S)[S-].CCCCCCCCCCN(CCCCCCCCCC)C(=S)[S-].CCCCCCCCCCN(CCCCCCCCCC)C(=S)[S-].CCCCCCCCCCN(CCCCCCCCCC)C(=S)[S-].[O]=[Mo+4]. The van der Waals surface area contributed by atoms with E-state index >= 15 is 0 Å². The van der Waals surface area contributed by atoms with Crippen LogP contribution in [0.2, 0.25) is 0 Å². The summed E-state index contributed by atoms with van der Waals surface area (Å²) in [6.07, 6.45) is 87.4. The van der Waals surface area contributed by atoms with Crippen LogP contribution in [0.3, 0.4) is 0 Å². The molecule has 0 atom stereocenters. The molecule has 584 valence electrons. The van der Waals surface area contributed by atoms with Gasteiger partial charge < -0.3 is 119 Å². The van der Waals surface area contributed by atoms with Crippen LogP contribution in [0.5, 0.6) is 0 Å². The van der Waals surface area contributed by atoms with Gasteiger partial charge in [0, 0.05) is 52.4 Å². The van der Waals surface area contributed by atoms with E-state index in [-0.39, 0.29) is 0 Å². The van der Waals surface area contributed by atoms with Crippen molar-refractivity contribution in [3.8, 4) is 0 Å². The Labute approximate surface area is 672 Å². The molecule has 14 heteroatoms. The molecule has 0 aromatic heterocycles. The van der Waals surface area contributed by atoms with Gasteiger partial charge in [0.15, 0.2) is 0 Å². The number of hydrogen-bond acceptors (Lipinski definition) is 9. The molecule has 0 aromatic carbocycles. The second-order valence-corrected chi connectivity index (χ2v) is 32.9. The van der Waals surface area contributed by atoms with E-state index in [9.17, 15) is 0 Å². The summed E-state index contributed by atoms with van der Waals surface area (Å²) in [5.74, 6) is 0. The monoisotopic (exact) mass is 1600 g/mol. The Morgan fingerprint density at radius 2 is 0.245 bits per heavy atom. The van der Waals surface area contributed by atoms with Gasteiger partial charge in [0.2, 0.25) is 0 Å². The van der Waals surface area contributed by atoms with Gasteiger partial charge in [-0.1, -0.05) is 432 Å². The summed E-state index contributed by atoms with van der Waals surface area (Å²) in [6, 6.07) is 0. The van der Waals surface area contributed by atoms with Crippen LogP contribution >= 0.6 is 48.9 Å². The van der Waals surface area contributed by atoms with Gasteiger partial charge in [-0.15, -0.1) is 0 Å². The van der Waals surface area contributed by atoms with Gasteiger partial charge >= 0.3 is 23.2 Å². The van der Waals surface area contributed by atoms with Gasteiger partial charge in [-0.25, -0.2) is 0 Å². The molecule has 0 N–H and O–H groups in total. The molecule has 0 radical (unpaired) electrons. The molecule has 0 spiro atoms. The van der Waals surface area contributed by atoms with Crippen molar-refractivity contribution in [3.63, 3.8) is 0 Å². The van der Waals surface area contributed by atoms with Crippen molar-refractivity contribution in [2.45, 2.75) is 466 Å². The van der Waals surface area contributed by atoms with Crippen LogP contribution in [0, 0.1) is 0 Å². The molecular formula is C84H168MoN4OS8. The first-order valence-electron chi connectivity index (χ1n) is 42.9. The third kappa shape index (κ3) is 94.9. The van der Waals surface area contributed by atoms with Crippen LogP contribution < -0.4 is 0 Å². The summed E-state index contributed by atoms with van der Waals surface area (Å²) < 4.78 is 11.0. The maximum atomic E-state index is 8.26. The van der Waals surface area contributed by atoms with E-state index in [4.69, 9.17) is 103 Å². The first-order chi connectivity index (χ1) is 47.9. The Morgan fingerprint density at radius 1 is 0.173 bits per heavy atom. The average Bonchev–Trinajstić information content (AvgIpc) is 1.92. The zero-order valence-corrected chi connectivity index (χ0v) is 75.3. The van der Waals surface area contributed by atoms with Crippen molar-refractivity contribution >= 4 is 117 Å². The molecule has 0 aromatic rings. The zero-order chi connectivity index (χ0) is 73.5. The number of nitrogens with zero attached hydrogens (tertiary/aromatic N) is 4. The van der Waals surface area contributed by atoms with Gasteiger partial charge in [0.05, 0.1) is 0 Å². The van der Waals surface area contributed by atoms with Crippen LogP contribution in [0.1, 0.15) is 466 Å². The summed E-state index contributed by atoms with van der Waals surface area (Å²) in [5.41, 5.74) is 0. The van der Waals surface area contributed by atoms with Crippen molar-refractivity contribution in [3.05, 3.63) is 0 Å². The average molecular weight is 1600 g/mol. The minimum absolute atomic E-state index is 0.681. The van der Waals surface area contributed by atoms with E-state index in [1.165, 1.54) is 411 Å². The van der Waals surface area contributed by atoms with Crippen molar-refractivity contribution in [2.75, 3.05) is 52.4 Å². The number of rotatable bonds is 72. The third-order valence-electron chi connectivity index (χ3n) is 19.3. The van der Waals surface area contributed by atoms with Crippen molar-refractivity contribution in [1.82, 2.24) is 19.6 Å². The van der Waals surface area contributed by atoms with E-state index in [1.54, 1.807) is 0 Å². The summed E-state index contributed by atoms with van der Waals surface area (Å²) >= 11 is 42.7. The minimum atomic E-state index is 0.681. The molecule has 0 fully saturated rings. The Bertz CT molecular complexity index is 1240. The Balaban J connectivity index is -0.000000389. The standard InChI is InChI=1S/4C21H43NS2.Mo.O/c4*1-3-5-7-9-11-13-15-17-19-22(21(23)24)20-18-16-14-12-10-8-6-4-2;;/h4*3-20H2,1-2H3,(H,23,24);;/q;;;;+4;/p-4. The molecule has 0 saturated carbocycles.